The molecule has 0 bridgehead atoms. The van der Waals surface area contributed by atoms with Gasteiger partial charge >= 0.3 is 5.97 Å². The highest BCUT2D eigenvalue weighted by atomic mass is 16.7. The first-order chi connectivity index (χ1) is 14.5. The summed E-state index contributed by atoms with van der Waals surface area (Å²) in [6, 6.07) is 14.0. The first-order valence-electron chi connectivity index (χ1n) is 9.41. The Hall–Kier alpha value is -3.74. The van der Waals surface area contributed by atoms with Crippen molar-refractivity contribution in [1.29, 1.82) is 0 Å². The number of esters is 1. The lowest BCUT2D eigenvalue weighted by atomic mass is 10.1. The van der Waals surface area contributed by atoms with E-state index in [1.165, 1.54) is 7.11 Å². The fourth-order valence-electron chi connectivity index (χ4n) is 3.50. The number of nitrogens with zero attached hydrogens (tertiary/aromatic N) is 1. The SMILES string of the molecule is COC(=O)c1ccc(OCC(=O)c2cc(C)n(-c3ccc4c(c3)OCO4)c2C)cc1. The number of Topliss-reactive ketones (excluding diaryl/α,β-unsaturated/α-hetero) is 1. The molecule has 154 valence electrons. The lowest BCUT2D eigenvalue weighted by Crippen LogP contribution is -2.13. The molecule has 1 aliphatic heterocycles. The van der Waals surface area contributed by atoms with Crippen molar-refractivity contribution in [1.82, 2.24) is 4.57 Å². The fraction of sp³-hybridized carbons (Fsp3) is 0.217. The van der Waals surface area contributed by atoms with E-state index in [0.29, 0.717) is 28.4 Å². The maximum atomic E-state index is 12.8. The van der Waals surface area contributed by atoms with Gasteiger partial charge in [-0.15, -0.1) is 0 Å². The van der Waals surface area contributed by atoms with Crippen LogP contribution in [0.1, 0.15) is 32.1 Å². The van der Waals surface area contributed by atoms with Gasteiger partial charge in [-0.2, -0.15) is 0 Å². The summed E-state index contributed by atoms with van der Waals surface area (Å²) < 4.78 is 23.1. The summed E-state index contributed by atoms with van der Waals surface area (Å²) in [5, 5.41) is 0. The molecular weight excluding hydrogens is 386 g/mol. The Kier molecular flexibility index (Phi) is 5.18. The monoisotopic (exact) mass is 407 g/mol. The van der Waals surface area contributed by atoms with Gasteiger partial charge in [0, 0.05) is 28.7 Å². The smallest absolute Gasteiger partial charge is 0.337 e. The van der Waals surface area contributed by atoms with Crippen molar-refractivity contribution in [3.8, 4) is 22.9 Å². The second-order valence-corrected chi connectivity index (χ2v) is 6.89. The topological polar surface area (TPSA) is 76.0 Å². The third kappa shape index (κ3) is 3.61. The highest BCUT2D eigenvalue weighted by molar-refractivity contribution is 5.99. The molecule has 0 amide bonds. The van der Waals surface area contributed by atoms with Crippen LogP contribution in [0.15, 0.2) is 48.5 Å². The second kappa shape index (κ2) is 7.94. The van der Waals surface area contributed by atoms with E-state index in [-0.39, 0.29) is 19.2 Å². The van der Waals surface area contributed by atoms with Crippen LogP contribution in [0.2, 0.25) is 0 Å². The Morgan fingerprint density at radius 3 is 2.47 bits per heavy atom. The molecule has 0 atom stereocenters. The molecule has 0 saturated heterocycles. The van der Waals surface area contributed by atoms with Crippen LogP contribution in [0.3, 0.4) is 0 Å². The zero-order chi connectivity index (χ0) is 21.3. The van der Waals surface area contributed by atoms with E-state index in [1.54, 1.807) is 24.3 Å². The molecule has 0 aliphatic carbocycles. The highest BCUT2D eigenvalue weighted by Gasteiger charge is 2.20. The zero-order valence-corrected chi connectivity index (χ0v) is 16.9. The van der Waals surface area contributed by atoms with Gasteiger partial charge in [0.1, 0.15) is 5.75 Å². The third-order valence-corrected chi connectivity index (χ3v) is 4.99. The van der Waals surface area contributed by atoms with E-state index >= 15 is 0 Å². The van der Waals surface area contributed by atoms with Gasteiger partial charge < -0.3 is 23.5 Å². The molecule has 3 aromatic rings. The summed E-state index contributed by atoms with van der Waals surface area (Å²) in [7, 11) is 1.32. The maximum absolute atomic E-state index is 12.8. The van der Waals surface area contributed by atoms with Gasteiger partial charge in [0.25, 0.3) is 0 Å². The van der Waals surface area contributed by atoms with Crippen molar-refractivity contribution in [3.63, 3.8) is 0 Å². The minimum absolute atomic E-state index is 0.108. The number of rotatable bonds is 6. The van der Waals surface area contributed by atoms with E-state index in [1.807, 2.05) is 42.7 Å². The summed E-state index contributed by atoms with van der Waals surface area (Å²) in [4.78, 5) is 24.3. The van der Waals surface area contributed by atoms with Crippen molar-refractivity contribution in [2.24, 2.45) is 0 Å². The summed E-state index contributed by atoms with van der Waals surface area (Å²) in [5.74, 6) is 1.34. The number of hydrogen-bond donors (Lipinski definition) is 0. The van der Waals surface area contributed by atoms with Crippen molar-refractivity contribution in [3.05, 3.63) is 71.0 Å². The number of ether oxygens (including phenoxy) is 4. The Balaban J connectivity index is 1.50. The van der Waals surface area contributed by atoms with Crippen molar-refractivity contribution >= 4 is 11.8 Å². The number of hydrogen-bond acceptors (Lipinski definition) is 6. The minimum atomic E-state index is -0.423. The number of aryl methyl sites for hydroxylation is 1. The lowest BCUT2D eigenvalue weighted by Gasteiger charge is -2.11. The van der Waals surface area contributed by atoms with Crippen LogP contribution in [0, 0.1) is 13.8 Å². The predicted molar refractivity (Wildman–Crippen MR) is 109 cm³/mol. The molecule has 0 N–H and O–H groups in total. The summed E-state index contributed by atoms with van der Waals surface area (Å²) in [6.07, 6.45) is 0. The average Bonchev–Trinajstić information content (AvgIpc) is 3.35. The molecule has 2 aromatic carbocycles. The van der Waals surface area contributed by atoms with Crippen molar-refractivity contribution < 1.29 is 28.5 Å². The van der Waals surface area contributed by atoms with Crippen LogP contribution < -0.4 is 14.2 Å². The Bertz CT molecular complexity index is 1110. The number of carbonyl (C=O) groups is 2. The van der Waals surface area contributed by atoms with Gasteiger partial charge in [-0.05, 0) is 56.3 Å². The largest absolute Gasteiger partial charge is 0.485 e. The Morgan fingerprint density at radius 1 is 1.00 bits per heavy atom. The molecule has 30 heavy (non-hydrogen) atoms. The Morgan fingerprint density at radius 2 is 1.73 bits per heavy atom. The van der Waals surface area contributed by atoms with Crippen molar-refractivity contribution in [2.75, 3.05) is 20.5 Å². The van der Waals surface area contributed by atoms with Gasteiger partial charge in [-0.3, -0.25) is 4.79 Å². The van der Waals surface area contributed by atoms with E-state index in [9.17, 15) is 9.59 Å². The molecule has 4 rings (SSSR count). The molecule has 0 saturated carbocycles. The van der Waals surface area contributed by atoms with E-state index < -0.39 is 5.97 Å². The molecule has 0 spiro atoms. The van der Waals surface area contributed by atoms with E-state index in [4.69, 9.17) is 14.2 Å². The van der Waals surface area contributed by atoms with Crippen LogP contribution in [0.4, 0.5) is 0 Å². The molecule has 0 unspecified atom stereocenters. The molecule has 1 aliphatic rings. The number of fused-ring (bicyclic) bond motifs is 1. The molecule has 2 heterocycles. The van der Waals surface area contributed by atoms with Crippen LogP contribution >= 0.6 is 0 Å². The molecular formula is C23H21NO6. The van der Waals surface area contributed by atoms with Crippen LogP contribution in [-0.4, -0.2) is 36.8 Å². The minimum Gasteiger partial charge on any atom is -0.485 e. The van der Waals surface area contributed by atoms with Crippen LogP contribution in [-0.2, 0) is 4.74 Å². The maximum Gasteiger partial charge on any atom is 0.337 e. The fourth-order valence-corrected chi connectivity index (χ4v) is 3.50. The van der Waals surface area contributed by atoms with E-state index in [2.05, 4.69) is 4.74 Å². The average molecular weight is 407 g/mol. The standard InChI is InChI=1S/C23H21NO6/c1-14-10-19(15(2)24(14)17-6-9-21-22(11-17)30-13-29-21)20(25)12-28-18-7-4-16(5-8-18)23(26)27-3/h4-11H,12-13H2,1-3H3. The summed E-state index contributed by atoms with van der Waals surface area (Å²) in [6.45, 7) is 3.95. The predicted octanol–water partition coefficient (Wildman–Crippen LogP) is 3.87. The number of carbonyl (C=O) groups excluding carboxylic acids is 2. The normalized spacial score (nSPS) is 12.0. The van der Waals surface area contributed by atoms with Crippen molar-refractivity contribution in [2.45, 2.75) is 13.8 Å². The molecule has 7 nitrogen and oxygen atoms in total. The molecule has 0 fully saturated rings. The molecule has 7 heteroatoms. The van der Waals surface area contributed by atoms with Crippen LogP contribution in [0.25, 0.3) is 5.69 Å². The van der Waals surface area contributed by atoms with E-state index in [0.717, 1.165) is 17.1 Å². The first-order valence-corrected chi connectivity index (χ1v) is 9.41. The quantitative estimate of drug-likeness (QED) is 0.456. The number of methoxy groups -OCH3 is 1. The van der Waals surface area contributed by atoms with Gasteiger partial charge in [-0.25, -0.2) is 4.79 Å². The number of benzene rings is 2. The van der Waals surface area contributed by atoms with Gasteiger partial charge in [0.15, 0.2) is 18.1 Å². The van der Waals surface area contributed by atoms with Gasteiger partial charge in [0.05, 0.1) is 12.7 Å². The number of ketones is 1. The second-order valence-electron chi connectivity index (χ2n) is 6.89. The molecule has 1 aromatic heterocycles. The van der Waals surface area contributed by atoms with Crippen LogP contribution in [0.5, 0.6) is 17.2 Å². The summed E-state index contributed by atoms with van der Waals surface area (Å²) >= 11 is 0. The lowest BCUT2D eigenvalue weighted by molar-refractivity contribution is 0.0600. The molecule has 0 radical (unpaired) electrons. The highest BCUT2D eigenvalue weighted by Crippen LogP contribution is 2.35. The summed E-state index contributed by atoms with van der Waals surface area (Å²) in [5.41, 5.74) is 3.66. The zero-order valence-electron chi connectivity index (χ0n) is 16.9. The Labute approximate surface area is 173 Å². The third-order valence-electron chi connectivity index (χ3n) is 4.99. The van der Waals surface area contributed by atoms with Gasteiger partial charge in [-0.1, -0.05) is 0 Å². The number of aromatic nitrogens is 1. The first kappa shape index (κ1) is 19.6. The van der Waals surface area contributed by atoms with Gasteiger partial charge in [0.2, 0.25) is 12.6 Å².